The van der Waals surface area contributed by atoms with Crippen LogP contribution in [0.4, 0.5) is 0 Å². The van der Waals surface area contributed by atoms with Crippen LogP contribution in [0.15, 0.2) is 0 Å². The molecular formula is C7H14N2O2S. The molecule has 0 aromatic heterocycles. The molecule has 0 aliphatic heterocycles. The number of hydrogen-bond donors (Lipinski definition) is 3. The second kappa shape index (κ2) is 5.88. The molecule has 2 N–H and O–H groups in total. The van der Waals surface area contributed by atoms with Crippen LogP contribution in [0.5, 0.6) is 0 Å². The molecule has 2 amide bonds. The highest BCUT2D eigenvalue weighted by Crippen LogP contribution is 1.85. The standard InChI is InChI=1S/C7H14N2O2S/c1-3-7(11)9-6(4-12)8-5(2)10/h6,12H,3-4H2,1-2H3,(H,8,10)(H,9,11)/t6-/m1/s1. The highest BCUT2D eigenvalue weighted by atomic mass is 32.1. The zero-order valence-corrected chi connectivity index (χ0v) is 8.15. The molecule has 0 aromatic carbocycles. The van der Waals surface area contributed by atoms with E-state index in [4.69, 9.17) is 0 Å². The summed E-state index contributed by atoms with van der Waals surface area (Å²) in [5.74, 6) is 0.124. The van der Waals surface area contributed by atoms with Crippen LogP contribution >= 0.6 is 12.6 Å². The summed E-state index contributed by atoms with van der Waals surface area (Å²) < 4.78 is 0. The van der Waals surface area contributed by atoms with Gasteiger partial charge in [-0.3, -0.25) is 9.59 Å². The molecule has 0 fully saturated rings. The molecule has 70 valence electrons. The molecule has 0 radical (unpaired) electrons. The number of amides is 2. The fourth-order valence-corrected chi connectivity index (χ4v) is 0.852. The van der Waals surface area contributed by atoms with Crippen LogP contribution in [-0.2, 0) is 9.59 Å². The fraction of sp³-hybridized carbons (Fsp3) is 0.714. The molecule has 0 bridgehead atoms. The van der Waals surface area contributed by atoms with E-state index >= 15 is 0 Å². The molecule has 5 heteroatoms. The molecule has 0 unspecified atom stereocenters. The predicted octanol–water partition coefficient (Wildman–Crippen LogP) is -0.0954. The van der Waals surface area contributed by atoms with Gasteiger partial charge in [0.05, 0.1) is 0 Å². The Labute approximate surface area is 77.5 Å². The average molecular weight is 190 g/mol. The predicted molar refractivity (Wildman–Crippen MR) is 49.9 cm³/mol. The van der Waals surface area contributed by atoms with E-state index in [-0.39, 0.29) is 18.0 Å². The van der Waals surface area contributed by atoms with Gasteiger partial charge >= 0.3 is 0 Å². The highest BCUT2D eigenvalue weighted by molar-refractivity contribution is 7.80. The van der Waals surface area contributed by atoms with Gasteiger partial charge in [0.1, 0.15) is 6.17 Å². The molecule has 0 rings (SSSR count). The van der Waals surface area contributed by atoms with Crippen molar-refractivity contribution < 1.29 is 9.59 Å². The zero-order valence-electron chi connectivity index (χ0n) is 7.26. The lowest BCUT2D eigenvalue weighted by atomic mass is 10.4. The van der Waals surface area contributed by atoms with Crippen molar-refractivity contribution in [3.63, 3.8) is 0 Å². The van der Waals surface area contributed by atoms with E-state index in [1.54, 1.807) is 6.92 Å². The lowest BCUT2D eigenvalue weighted by molar-refractivity contribution is -0.123. The number of thiol groups is 1. The van der Waals surface area contributed by atoms with E-state index in [0.717, 1.165) is 0 Å². The van der Waals surface area contributed by atoms with Gasteiger partial charge in [0.2, 0.25) is 11.8 Å². The van der Waals surface area contributed by atoms with Crippen molar-refractivity contribution in [3.8, 4) is 0 Å². The van der Waals surface area contributed by atoms with E-state index in [1.807, 2.05) is 0 Å². The number of rotatable bonds is 4. The van der Waals surface area contributed by atoms with Crippen LogP contribution in [0.25, 0.3) is 0 Å². The normalized spacial score (nSPS) is 11.9. The lowest BCUT2D eigenvalue weighted by Crippen LogP contribution is -2.48. The van der Waals surface area contributed by atoms with Crippen molar-refractivity contribution in [2.75, 3.05) is 5.75 Å². The van der Waals surface area contributed by atoms with Crippen LogP contribution in [0.1, 0.15) is 20.3 Å². The highest BCUT2D eigenvalue weighted by Gasteiger charge is 2.08. The second-order valence-electron chi connectivity index (χ2n) is 2.36. The molecule has 0 aromatic rings. The summed E-state index contributed by atoms with van der Waals surface area (Å²) in [6, 6.07) is 0. The topological polar surface area (TPSA) is 58.2 Å². The molecule has 0 spiro atoms. The number of carbonyl (C=O) groups excluding carboxylic acids is 2. The maximum Gasteiger partial charge on any atom is 0.221 e. The Hall–Kier alpha value is -0.710. The summed E-state index contributed by atoms with van der Waals surface area (Å²) in [5, 5.41) is 5.15. The van der Waals surface area contributed by atoms with Gasteiger partial charge < -0.3 is 10.6 Å². The summed E-state index contributed by atoms with van der Waals surface area (Å²) >= 11 is 3.97. The Morgan fingerprint density at radius 2 is 2.00 bits per heavy atom. The van der Waals surface area contributed by atoms with Gasteiger partial charge in [-0.25, -0.2) is 0 Å². The minimum Gasteiger partial charge on any atom is -0.336 e. The van der Waals surface area contributed by atoms with E-state index in [2.05, 4.69) is 23.3 Å². The number of carbonyl (C=O) groups is 2. The molecule has 0 saturated heterocycles. The van der Waals surface area contributed by atoms with Crippen LogP contribution in [0, 0.1) is 0 Å². The van der Waals surface area contributed by atoms with Gasteiger partial charge in [-0.2, -0.15) is 12.6 Å². The minimum atomic E-state index is -0.363. The van der Waals surface area contributed by atoms with Gasteiger partial charge in [0, 0.05) is 19.1 Å². The average Bonchev–Trinajstić information content (AvgIpc) is 2.02. The van der Waals surface area contributed by atoms with Crippen LogP contribution in [0.3, 0.4) is 0 Å². The van der Waals surface area contributed by atoms with Crippen molar-refractivity contribution >= 4 is 24.4 Å². The zero-order chi connectivity index (χ0) is 9.56. The molecule has 4 nitrogen and oxygen atoms in total. The maximum atomic E-state index is 10.9. The fourth-order valence-electron chi connectivity index (χ4n) is 0.669. The quantitative estimate of drug-likeness (QED) is 0.428. The summed E-state index contributed by atoms with van der Waals surface area (Å²) in [4.78, 5) is 21.5. The van der Waals surface area contributed by atoms with Gasteiger partial charge in [-0.15, -0.1) is 0 Å². The van der Waals surface area contributed by atoms with Crippen LogP contribution in [-0.4, -0.2) is 23.7 Å². The first kappa shape index (κ1) is 11.3. The molecule has 12 heavy (non-hydrogen) atoms. The first-order chi connectivity index (χ1) is 5.60. The maximum absolute atomic E-state index is 10.9. The van der Waals surface area contributed by atoms with Crippen molar-refractivity contribution in [2.24, 2.45) is 0 Å². The SMILES string of the molecule is CCC(=O)N[C@H](CS)NC(C)=O. The Balaban J connectivity index is 3.82. The third kappa shape index (κ3) is 5.01. The molecule has 0 aliphatic carbocycles. The van der Waals surface area contributed by atoms with Gasteiger partial charge in [-0.1, -0.05) is 6.92 Å². The van der Waals surface area contributed by atoms with E-state index in [9.17, 15) is 9.59 Å². The van der Waals surface area contributed by atoms with Gasteiger partial charge in [-0.05, 0) is 0 Å². The van der Waals surface area contributed by atoms with Crippen molar-refractivity contribution in [1.82, 2.24) is 10.6 Å². The Bertz CT molecular complexity index is 173. The Morgan fingerprint density at radius 3 is 2.33 bits per heavy atom. The molecule has 0 saturated carbocycles. The van der Waals surface area contributed by atoms with Crippen LogP contribution < -0.4 is 10.6 Å². The van der Waals surface area contributed by atoms with E-state index < -0.39 is 0 Å². The third-order valence-electron chi connectivity index (χ3n) is 1.22. The number of nitrogens with one attached hydrogen (secondary N) is 2. The van der Waals surface area contributed by atoms with Gasteiger partial charge in [0.25, 0.3) is 0 Å². The number of hydrogen-bond acceptors (Lipinski definition) is 3. The summed E-state index contributed by atoms with van der Waals surface area (Å²) in [5.41, 5.74) is 0. The molecule has 0 heterocycles. The monoisotopic (exact) mass is 190 g/mol. The first-order valence-electron chi connectivity index (χ1n) is 3.77. The summed E-state index contributed by atoms with van der Waals surface area (Å²) in [6.07, 6.45) is 0.0439. The molecule has 1 atom stereocenters. The second-order valence-corrected chi connectivity index (χ2v) is 2.72. The molecule has 0 aliphatic rings. The van der Waals surface area contributed by atoms with E-state index in [1.165, 1.54) is 6.92 Å². The van der Waals surface area contributed by atoms with Crippen molar-refractivity contribution in [3.05, 3.63) is 0 Å². The largest absolute Gasteiger partial charge is 0.336 e. The molecular weight excluding hydrogens is 176 g/mol. The van der Waals surface area contributed by atoms with Crippen molar-refractivity contribution in [2.45, 2.75) is 26.4 Å². The summed E-state index contributed by atoms with van der Waals surface area (Å²) in [6.45, 7) is 3.15. The van der Waals surface area contributed by atoms with E-state index in [0.29, 0.717) is 12.2 Å². The first-order valence-corrected chi connectivity index (χ1v) is 4.40. The Morgan fingerprint density at radius 1 is 1.42 bits per heavy atom. The lowest BCUT2D eigenvalue weighted by Gasteiger charge is -2.16. The smallest absolute Gasteiger partial charge is 0.221 e. The summed E-state index contributed by atoms with van der Waals surface area (Å²) in [7, 11) is 0. The van der Waals surface area contributed by atoms with Crippen molar-refractivity contribution in [1.29, 1.82) is 0 Å². The van der Waals surface area contributed by atoms with Crippen LogP contribution in [0.2, 0.25) is 0 Å². The minimum absolute atomic E-state index is 0.0946. The Kier molecular flexibility index (Phi) is 5.53. The third-order valence-corrected chi connectivity index (χ3v) is 1.58. The van der Waals surface area contributed by atoms with Gasteiger partial charge in [0.15, 0.2) is 0 Å².